The summed E-state index contributed by atoms with van der Waals surface area (Å²) in [5, 5.41) is 17.7. The quantitative estimate of drug-likeness (QED) is 0.296. The second-order valence-corrected chi connectivity index (χ2v) is 6.58. The van der Waals surface area contributed by atoms with E-state index in [0.717, 1.165) is 24.6 Å². The number of hydrogen-bond donors (Lipinski definition) is 4. The molecule has 0 spiro atoms. The number of benzene rings is 2. The summed E-state index contributed by atoms with van der Waals surface area (Å²) in [5.74, 6) is 0.345. The average molecular weight is 418 g/mol. The fourth-order valence-electron chi connectivity index (χ4n) is 2.62. The second kappa shape index (κ2) is 9.59. The van der Waals surface area contributed by atoms with Gasteiger partial charge in [0.15, 0.2) is 5.54 Å². The zero-order valence-electron chi connectivity index (χ0n) is 16.0. The van der Waals surface area contributed by atoms with Crippen LogP contribution in [0.1, 0.15) is 30.9 Å². The van der Waals surface area contributed by atoms with E-state index in [1.807, 2.05) is 0 Å². The van der Waals surface area contributed by atoms with E-state index in [0.29, 0.717) is 11.8 Å². The summed E-state index contributed by atoms with van der Waals surface area (Å²) in [6.45, 7) is 1.10. The standard InChI is InChI=1S/C20H20F2N4O4/c1-20(19(29)30,13-8-14(21)10-15(22)9-13)26-18(28)7-6-17(27)25-16-4-2-12(3-5-16)11-24-23/h2-5,8-11H,6-7,23H2,1H3,(H,25,27)(H,26,28)(H,29,30). The molecular weight excluding hydrogens is 398 g/mol. The number of hydrogen-bond acceptors (Lipinski definition) is 5. The Morgan fingerprint density at radius 2 is 1.63 bits per heavy atom. The topological polar surface area (TPSA) is 134 Å². The smallest absolute Gasteiger partial charge is 0.333 e. The number of nitrogens with zero attached hydrogens (tertiary/aromatic N) is 1. The molecule has 1 unspecified atom stereocenters. The number of hydrazone groups is 1. The summed E-state index contributed by atoms with van der Waals surface area (Å²) in [6.07, 6.45) is 0.870. The van der Waals surface area contributed by atoms with Crippen molar-refractivity contribution >= 4 is 29.7 Å². The number of rotatable bonds is 8. The lowest BCUT2D eigenvalue weighted by Crippen LogP contribution is -2.49. The van der Waals surface area contributed by atoms with Crippen molar-refractivity contribution in [2.24, 2.45) is 10.9 Å². The highest BCUT2D eigenvalue weighted by molar-refractivity contribution is 5.94. The minimum absolute atomic E-state index is 0.231. The molecule has 0 radical (unpaired) electrons. The third-order valence-electron chi connectivity index (χ3n) is 4.25. The molecule has 2 amide bonds. The second-order valence-electron chi connectivity index (χ2n) is 6.58. The fourth-order valence-corrected chi connectivity index (χ4v) is 2.62. The Kier molecular flexibility index (Phi) is 7.18. The third kappa shape index (κ3) is 5.84. The first-order valence-corrected chi connectivity index (χ1v) is 8.78. The predicted molar refractivity (Wildman–Crippen MR) is 106 cm³/mol. The van der Waals surface area contributed by atoms with Crippen molar-refractivity contribution in [3.05, 3.63) is 65.2 Å². The summed E-state index contributed by atoms with van der Waals surface area (Å²) in [7, 11) is 0. The van der Waals surface area contributed by atoms with Gasteiger partial charge in [0.1, 0.15) is 11.6 Å². The monoisotopic (exact) mass is 418 g/mol. The molecule has 0 bridgehead atoms. The summed E-state index contributed by atoms with van der Waals surface area (Å²) in [5.41, 5.74) is -1.13. The van der Waals surface area contributed by atoms with Crippen molar-refractivity contribution in [2.75, 3.05) is 5.32 Å². The summed E-state index contributed by atoms with van der Waals surface area (Å²) >= 11 is 0. The lowest BCUT2D eigenvalue weighted by molar-refractivity contribution is -0.147. The Balaban J connectivity index is 1.98. The van der Waals surface area contributed by atoms with Gasteiger partial charge in [-0.3, -0.25) is 9.59 Å². The van der Waals surface area contributed by atoms with E-state index in [-0.39, 0.29) is 18.4 Å². The Labute approximate surface area is 170 Å². The molecule has 0 aliphatic carbocycles. The molecule has 0 saturated carbocycles. The number of nitrogens with one attached hydrogen (secondary N) is 2. The SMILES string of the molecule is CC(NC(=O)CCC(=O)Nc1ccc(C=NN)cc1)(C(=O)O)c1cc(F)cc(F)c1. The van der Waals surface area contributed by atoms with Crippen molar-refractivity contribution in [1.29, 1.82) is 0 Å². The van der Waals surface area contributed by atoms with Crippen molar-refractivity contribution in [3.63, 3.8) is 0 Å². The van der Waals surface area contributed by atoms with E-state index in [2.05, 4.69) is 15.7 Å². The zero-order valence-corrected chi connectivity index (χ0v) is 16.0. The Hall–Kier alpha value is -3.82. The van der Waals surface area contributed by atoms with Crippen LogP contribution in [0.25, 0.3) is 0 Å². The van der Waals surface area contributed by atoms with Crippen LogP contribution in [-0.4, -0.2) is 29.1 Å². The van der Waals surface area contributed by atoms with E-state index in [1.165, 1.54) is 6.21 Å². The van der Waals surface area contributed by atoms with Gasteiger partial charge in [0, 0.05) is 24.6 Å². The van der Waals surface area contributed by atoms with Gasteiger partial charge < -0.3 is 21.6 Å². The number of halogens is 2. The van der Waals surface area contributed by atoms with E-state index >= 15 is 0 Å². The van der Waals surface area contributed by atoms with Crippen LogP contribution >= 0.6 is 0 Å². The first-order chi connectivity index (χ1) is 14.1. The van der Waals surface area contributed by atoms with Gasteiger partial charge in [-0.25, -0.2) is 13.6 Å². The van der Waals surface area contributed by atoms with Crippen LogP contribution in [-0.2, 0) is 19.9 Å². The molecule has 2 rings (SSSR count). The highest BCUT2D eigenvalue weighted by atomic mass is 19.1. The van der Waals surface area contributed by atoms with Gasteiger partial charge >= 0.3 is 5.97 Å². The lowest BCUT2D eigenvalue weighted by Gasteiger charge is -2.27. The number of carboxylic acid groups (broad SMARTS) is 1. The van der Waals surface area contributed by atoms with E-state index in [1.54, 1.807) is 24.3 Å². The predicted octanol–water partition coefficient (Wildman–Crippen LogP) is 2.09. The molecule has 8 nitrogen and oxygen atoms in total. The number of nitrogens with two attached hydrogens (primary N) is 1. The zero-order chi connectivity index (χ0) is 22.3. The van der Waals surface area contributed by atoms with Crippen LogP contribution in [0.15, 0.2) is 47.6 Å². The van der Waals surface area contributed by atoms with Crippen LogP contribution in [0.5, 0.6) is 0 Å². The maximum Gasteiger partial charge on any atom is 0.333 e. The van der Waals surface area contributed by atoms with E-state index in [4.69, 9.17) is 5.84 Å². The van der Waals surface area contributed by atoms with Crippen LogP contribution in [0.2, 0.25) is 0 Å². The summed E-state index contributed by atoms with van der Waals surface area (Å²) in [4.78, 5) is 35.9. The van der Waals surface area contributed by atoms with Gasteiger partial charge in [-0.1, -0.05) is 12.1 Å². The molecule has 0 aliphatic heterocycles. The number of carboxylic acids is 1. The first kappa shape index (κ1) is 22.5. The van der Waals surface area contributed by atoms with Crippen molar-refractivity contribution in [3.8, 4) is 0 Å². The van der Waals surface area contributed by atoms with E-state index in [9.17, 15) is 28.3 Å². The minimum Gasteiger partial charge on any atom is -0.479 e. The number of amides is 2. The molecule has 2 aromatic rings. The number of aliphatic carboxylic acids is 1. The van der Waals surface area contributed by atoms with Gasteiger partial charge in [-0.2, -0.15) is 5.10 Å². The number of anilines is 1. The molecule has 0 heterocycles. The van der Waals surface area contributed by atoms with Gasteiger partial charge in [0.25, 0.3) is 0 Å². The Morgan fingerprint density at radius 1 is 1.07 bits per heavy atom. The fraction of sp³-hybridized carbons (Fsp3) is 0.200. The number of carbonyl (C=O) groups is 3. The molecule has 0 fully saturated rings. The molecule has 0 aliphatic rings. The molecule has 0 aromatic heterocycles. The first-order valence-electron chi connectivity index (χ1n) is 8.78. The van der Waals surface area contributed by atoms with Gasteiger partial charge in [0.05, 0.1) is 6.21 Å². The summed E-state index contributed by atoms with van der Waals surface area (Å²) in [6, 6.07) is 8.83. The Bertz CT molecular complexity index is 959. The summed E-state index contributed by atoms with van der Waals surface area (Å²) < 4.78 is 27.0. The lowest BCUT2D eigenvalue weighted by atomic mass is 9.91. The van der Waals surface area contributed by atoms with E-state index < -0.39 is 35.0 Å². The maximum atomic E-state index is 13.5. The van der Waals surface area contributed by atoms with Gasteiger partial charge in [-0.05, 0) is 42.3 Å². The number of carbonyl (C=O) groups excluding carboxylic acids is 2. The molecule has 0 saturated heterocycles. The van der Waals surface area contributed by atoms with Crippen LogP contribution in [0.4, 0.5) is 14.5 Å². The van der Waals surface area contributed by atoms with Crippen LogP contribution < -0.4 is 16.5 Å². The molecule has 158 valence electrons. The molecule has 10 heteroatoms. The Morgan fingerprint density at radius 3 is 2.17 bits per heavy atom. The largest absolute Gasteiger partial charge is 0.479 e. The van der Waals surface area contributed by atoms with Crippen LogP contribution in [0.3, 0.4) is 0 Å². The minimum atomic E-state index is -2.07. The van der Waals surface area contributed by atoms with Gasteiger partial charge in [-0.15, -0.1) is 0 Å². The van der Waals surface area contributed by atoms with Gasteiger partial charge in [0.2, 0.25) is 11.8 Å². The van der Waals surface area contributed by atoms with Crippen molar-refractivity contribution in [1.82, 2.24) is 5.32 Å². The highest BCUT2D eigenvalue weighted by Crippen LogP contribution is 2.23. The average Bonchev–Trinajstić information content (AvgIpc) is 2.67. The van der Waals surface area contributed by atoms with Crippen molar-refractivity contribution in [2.45, 2.75) is 25.3 Å². The third-order valence-corrected chi connectivity index (χ3v) is 4.25. The molecule has 5 N–H and O–H groups in total. The molecular formula is C20H20F2N4O4. The highest BCUT2D eigenvalue weighted by Gasteiger charge is 2.37. The molecule has 1 atom stereocenters. The maximum absolute atomic E-state index is 13.5. The van der Waals surface area contributed by atoms with Crippen LogP contribution in [0, 0.1) is 11.6 Å². The van der Waals surface area contributed by atoms with Crippen molar-refractivity contribution < 1.29 is 28.3 Å². The normalized spacial score (nSPS) is 12.9. The molecule has 30 heavy (non-hydrogen) atoms. The molecule has 2 aromatic carbocycles.